The van der Waals surface area contributed by atoms with E-state index in [4.69, 9.17) is 14.5 Å². The number of nitrogens with zero attached hydrogens (tertiary/aromatic N) is 3. The fraction of sp³-hybridized carbons (Fsp3) is 0.471. The maximum absolute atomic E-state index is 13.8. The van der Waals surface area contributed by atoms with Crippen molar-refractivity contribution >= 4 is 55.8 Å². The smallest absolute Gasteiger partial charge is 0.435 e. The van der Waals surface area contributed by atoms with Gasteiger partial charge < -0.3 is 20.1 Å². The van der Waals surface area contributed by atoms with E-state index < -0.39 is 26.8 Å². The number of sulfone groups is 1. The summed E-state index contributed by atoms with van der Waals surface area (Å²) in [5.74, 6) is 0.655. The molecule has 2 N–H and O–H groups in total. The number of rotatable bonds is 8. The van der Waals surface area contributed by atoms with Crippen LogP contribution in [0.2, 0.25) is 0 Å². The van der Waals surface area contributed by atoms with Gasteiger partial charge >= 0.3 is 12.2 Å². The summed E-state index contributed by atoms with van der Waals surface area (Å²) in [5.41, 5.74) is 1.04. The third kappa shape index (κ3) is 7.46. The minimum Gasteiger partial charge on any atom is -0.447 e. The van der Waals surface area contributed by atoms with Gasteiger partial charge in [0.1, 0.15) is 5.60 Å². The maximum atomic E-state index is 13.8. The van der Waals surface area contributed by atoms with Crippen molar-refractivity contribution in [2.24, 2.45) is 0 Å². The van der Waals surface area contributed by atoms with Crippen LogP contribution in [0.3, 0.4) is 0 Å². The lowest BCUT2D eigenvalue weighted by molar-refractivity contribution is 0.0523. The van der Waals surface area contributed by atoms with Gasteiger partial charge in [0.15, 0.2) is 15.7 Å². The van der Waals surface area contributed by atoms with Gasteiger partial charge in [-0.3, -0.25) is 0 Å². The third-order valence-corrected chi connectivity index (χ3v) is 11.7. The summed E-state index contributed by atoms with van der Waals surface area (Å²) in [6, 6.07) is 12.7. The molecule has 0 unspecified atom stereocenters. The molecule has 4 aromatic rings. The molecule has 0 spiro atoms. The molecular formula is C34H41N5O6S2. The molecule has 0 saturated heterocycles. The van der Waals surface area contributed by atoms with Gasteiger partial charge in [-0.05, 0) is 97.4 Å². The van der Waals surface area contributed by atoms with E-state index in [1.165, 1.54) is 16.0 Å². The second-order valence-electron chi connectivity index (χ2n) is 13.5. The number of nitrogens with one attached hydrogen (secondary N) is 2. The Morgan fingerprint density at radius 1 is 1.02 bits per heavy atom. The minimum absolute atomic E-state index is 0.0694. The first-order valence-corrected chi connectivity index (χ1v) is 18.4. The lowest BCUT2D eigenvalue weighted by Gasteiger charge is -2.28. The third-order valence-electron chi connectivity index (χ3n) is 8.20. The molecule has 2 saturated carbocycles. The first kappa shape index (κ1) is 33.0. The quantitative estimate of drug-likeness (QED) is 0.191. The Kier molecular flexibility index (Phi) is 9.05. The molecule has 0 aliphatic heterocycles. The Hall–Kier alpha value is -3.97. The number of alkyl carbamates (subject to hydrolysis) is 1. The molecule has 2 aliphatic carbocycles. The summed E-state index contributed by atoms with van der Waals surface area (Å²) in [5, 5.41) is 12.0. The van der Waals surface area contributed by atoms with Crippen molar-refractivity contribution in [2.75, 3.05) is 5.32 Å². The predicted molar refractivity (Wildman–Crippen MR) is 182 cm³/mol. The number of aromatic nitrogens is 3. The van der Waals surface area contributed by atoms with E-state index in [1.54, 1.807) is 39.1 Å². The standard InChI is InChI=1S/C34H41N5O6S2/c1-20(2)44-32(40)37-22-12-10-21(11-13-22)31-35-19-28(46-31)26-17-14-23(18-29(26)47(42,43)24-15-16-24)36-30-25-8-6-7-9-27(25)39(38-30)33(41)45-34(3,4)5/h6-9,14,17-22,24H,10-13,15-16H2,1-5H3,(H,36,38)(H,37,40). The Labute approximate surface area is 279 Å². The largest absolute Gasteiger partial charge is 0.447 e. The number of benzene rings is 2. The summed E-state index contributed by atoms with van der Waals surface area (Å²) in [4.78, 5) is 30.8. The van der Waals surface area contributed by atoms with Crippen LogP contribution in [-0.4, -0.2) is 58.4 Å². The fourth-order valence-electron chi connectivity index (χ4n) is 5.84. The highest BCUT2D eigenvalue weighted by molar-refractivity contribution is 7.92. The van der Waals surface area contributed by atoms with Gasteiger partial charge in [-0.25, -0.2) is 23.0 Å². The Balaban J connectivity index is 1.25. The summed E-state index contributed by atoms with van der Waals surface area (Å²) in [6.07, 6.45) is 5.30. The monoisotopic (exact) mass is 679 g/mol. The molecule has 47 heavy (non-hydrogen) atoms. The van der Waals surface area contributed by atoms with Gasteiger partial charge in [0.2, 0.25) is 0 Å². The number of ether oxygens (including phenoxy) is 2. The molecule has 0 atom stereocenters. The molecule has 2 aliphatic rings. The van der Waals surface area contributed by atoms with Crippen molar-refractivity contribution < 1.29 is 27.5 Å². The second kappa shape index (κ2) is 12.9. The lowest BCUT2D eigenvalue weighted by atomic mass is 9.86. The van der Waals surface area contributed by atoms with Crippen molar-refractivity contribution in [1.29, 1.82) is 0 Å². The predicted octanol–water partition coefficient (Wildman–Crippen LogP) is 7.78. The maximum Gasteiger partial charge on any atom is 0.435 e. The van der Waals surface area contributed by atoms with Gasteiger partial charge in [-0.15, -0.1) is 16.4 Å². The molecule has 13 heteroatoms. The van der Waals surface area contributed by atoms with E-state index in [1.807, 2.05) is 44.2 Å². The zero-order valence-electron chi connectivity index (χ0n) is 27.3. The van der Waals surface area contributed by atoms with Crippen LogP contribution in [0.5, 0.6) is 0 Å². The molecule has 1 amide bonds. The first-order chi connectivity index (χ1) is 22.3. The molecule has 11 nitrogen and oxygen atoms in total. The van der Waals surface area contributed by atoms with E-state index >= 15 is 0 Å². The number of anilines is 2. The fourth-order valence-corrected chi connectivity index (χ4v) is 8.92. The van der Waals surface area contributed by atoms with Gasteiger partial charge in [-0.1, -0.05) is 18.2 Å². The van der Waals surface area contributed by atoms with Crippen LogP contribution in [0, 0.1) is 0 Å². The van der Waals surface area contributed by atoms with Gasteiger partial charge in [0.25, 0.3) is 0 Å². The number of amides is 1. The summed E-state index contributed by atoms with van der Waals surface area (Å²) in [7, 11) is -3.59. The van der Waals surface area contributed by atoms with Crippen LogP contribution in [0.25, 0.3) is 21.3 Å². The number of carbonyl (C=O) groups excluding carboxylic acids is 2. The van der Waals surface area contributed by atoms with Crippen LogP contribution in [0.15, 0.2) is 53.6 Å². The number of hydrogen-bond donors (Lipinski definition) is 2. The number of para-hydroxylation sites is 1. The average Bonchev–Trinajstić information content (AvgIpc) is 3.66. The lowest BCUT2D eigenvalue weighted by Crippen LogP contribution is -2.38. The van der Waals surface area contributed by atoms with Gasteiger partial charge in [0, 0.05) is 34.8 Å². The van der Waals surface area contributed by atoms with E-state index in [0.29, 0.717) is 40.8 Å². The zero-order chi connectivity index (χ0) is 33.5. The number of fused-ring (bicyclic) bond motifs is 1. The van der Waals surface area contributed by atoms with E-state index in [9.17, 15) is 18.0 Å². The summed E-state index contributed by atoms with van der Waals surface area (Å²) >= 11 is 1.53. The minimum atomic E-state index is -3.59. The molecule has 6 rings (SSSR count). The van der Waals surface area contributed by atoms with Crippen LogP contribution in [0.1, 0.15) is 84.1 Å². The summed E-state index contributed by atoms with van der Waals surface area (Å²) < 4.78 is 39.5. The number of hydrogen-bond acceptors (Lipinski definition) is 10. The Morgan fingerprint density at radius 2 is 1.74 bits per heavy atom. The highest BCUT2D eigenvalue weighted by atomic mass is 32.2. The first-order valence-electron chi connectivity index (χ1n) is 16.1. The van der Waals surface area contributed by atoms with Crippen molar-refractivity contribution in [3.8, 4) is 10.4 Å². The molecule has 2 fully saturated rings. The Morgan fingerprint density at radius 3 is 2.43 bits per heavy atom. The molecule has 2 heterocycles. The zero-order valence-corrected chi connectivity index (χ0v) is 28.9. The van der Waals surface area contributed by atoms with Crippen molar-refractivity contribution in [3.05, 3.63) is 53.7 Å². The highest BCUT2D eigenvalue weighted by Gasteiger charge is 2.39. The van der Waals surface area contributed by atoms with Crippen LogP contribution >= 0.6 is 11.3 Å². The topological polar surface area (TPSA) is 142 Å². The normalized spacial score (nSPS) is 18.7. The Bertz CT molecular complexity index is 1900. The second-order valence-corrected chi connectivity index (χ2v) is 16.8. The van der Waals surface area contributed by atoms with Crippen molar-refractivity contribution in [1.82, 2.24) is 20.1 Å². The van der Waals surface area contributed by atoms with E-state index in [2.05, 4.69) is 15.7 Å². The molecule has 2 aromatic carbocycles. The van der Waals surface area contributed by atoms with Crippen molar-refractivity contribution in [2.45, 2.75) is 107 Å². The molecule has 250 valence electrons. The van der Waals surface area contributed by atoms with Crippen LogP contribution < -0.4 is 10.6 Å². The molecule has 2 aromatic heterocycles. The van der Waals surface area contributed by atoms with Crippen molar-refractivity contribution in [3.63, 3.8) is 0 Å². The van der Waals surface area contributed by atoms with Gasteiger partial charge in [-0.2, -0.15) is 4.68 Å². The molecular weight excluding hydrogens is 639 g/mol. The van der Waals surface area contributed by atoms with Crippen LogP contribution in [-0.2, 0) is 19.3 Å². The highest BCUT2D eigenvalue weighted by Crippen LogP contribution is 2.43. The number of carbonyl (C=O) groups is 2. The molecule has 0 bridgehead atoms. The number of thiazole rings is 1. The van der Waals surface area contributed by atoms with E-state index in [-0.39, 0.29) is 29.1 Å². The SMILES string of the molecule is CC(C)OC(=O)NC1CCC(c2ncc(-c3ccc(Nc4nn(C(=O)OC(C)(C)C)c5ccccc45)cc3S(=O)(=O)C3CC3)s2)CC1. The van der Waals surface area contributed by atoms with E-state index in [0.717, 1.165) is 35.6 Å². The van der Waals surface area contributed by atoms with Crippen LogP contribution in [0.4, 0.5) is 21.1 Å². The average molecular weight is 680 g/mol. The summed E-state index contributed by atoms with van der Waals surface area (Å²) in [6.45, 7) is 9.03. The molecule has 0 radical (unpaired) electrons. The van der Waals surface area contributed by atoms with Gasteiger partial charge in [0.05, 0.1) is 31.7 Å².